The highest BCUT2D eigenvalue weighted by atomic mass is 16.5. The van der Waals surface area contributed by atoms with Gasteiger partial charge in [0, 0.05) is 29.8 Å². The minimum atomic E-state index is -0.320. The first-order chi connectivity index (χ1) is 16.5. The maximum atomic E-state index is 13.4. The number of fused-ring (bicyclic) bond motifs is 1. The molecular formula is C28H25N3O3. The van der Waals surface area contributed by atoms with Gasteiger partial charge in [0.1, 0.15) is 5.75 Å². The van der Waals surface area contributed by atoms with Gasteiger partial charge in [-0.2, -0.15) is 5.10 Å². The smallest absolute Gasteiger partial charge is 0.258 e. The average Bonchev–Trinajstić information content (AvgIpc) is 3.29. The van der Waals surface area contributed by atoms with Crippen molar-refractivity contribution in [3.63, 3.8) is 0 Å². The zero-order chi connectivity index (χ0) is 23.8. The summed E-state index contributed by atoms with van der Waals surface area (Å²) >= 11 is 0. The topological polar surface area (TPSA) is 74.8 Å². The van der Waals surface area contributed by atoms with Crippen molar-refractivity contribution in [2.24, 2.45) is 5.10 Å². The Labute approximate surface area is 197 Å². The molecule has 170 valence electrons. The first-order valence-corrected chi connectivity index (χ1v) is 11.2. The molecular weight excluding hydrogens is 426 g/mol. The van der Waals surface area contributed by atoms with E-state index in [1.807, 2.05) is 79.7 Å². The van der Waals surface area contributed by atoms with E-state index in [4.69, 9.17) is 4.74 Å². The maximum Gasteiger partial charge on any atom is 0.258 e. The van der Waals surface area contributed by atoms with Gasteiger partial charge in [-0.1, -0.05) is 60.2 Å². The predicted octanol–water partition coefficient (Wildman–Crippen LogP) is 5.21. The highest BCUT2D eigenvalue weighted by Crippen LogP contribution is 2.37. The first kappa shape index (κ1) is 21.6. The molecule has 1 amide bonds. The van der Waals surface area contributed by atoms with Crippen molar-refractivity contribution in [1.82, 2.24) is 9.99 Å². The van der Waals surface area contributed by atoms with Crippen LogP contribution >= 0.6 is 0 Å². The number of methoxy groups -OCH3 is 1. The fourth-order valence-corrected chi connectivity index (χ4v) is 4.60. The second-order valence-corrected chi connectivity index (χ2v) is 8.52. The number of aromatic amines is 1. The number of hydrazone groups is 1. The number of amides is 1. The number of para-hydroxylation sites is 1. The van der Waals surface area contributed by atoms with Crippen LogP contribution in [0.4, 0.5) is 0 Å². The molecule has 0 spiro atoms. The highest BCUT2D eigenvalue weighted by Gasteiger charge is 2.34. The van der Waals surface area contributed by atoms with Crippen molar-refractivity contribution >= 4 is 22.5 Å². The Balaban J connectivity index is 1.71. The Bertz CT molecular complexity index is 1490. The maximum absolute atomic E-state index is 13.4. The molecule has 0 fully saturated rings. The molecule has 1 N–H and O–H groups in total. The lowest BCUT2D eigenvalue weighted by molar-refractivity contribution is -0.130. The molecule has 2 heterocycles. The van der Waals surface area contributed by atoms with Crippen molar-refractivity contribution in [1.29, 1.82) is 0 Å². The minimum absolute atomic E-state index is 0.183. The number of aromatic nitrogens is 1. The number of hydrogen-bond acceptors (Lipinski definition) is 4. The number of carbonyl (C=O) groups excluding carboxylic acids is 1. The Morgan fingerprint density at radius 3 is 2.53 bits per heavy atom. The summed E-state index contributed by atoms with van der Waals surface area (Å²) in [5, 5.41) is 7.09. The van der Waals surface area contributed by atoms with Gasteiger partial charge >= 0.3 is 0 Å². The first-order valence-electron chi connectivity index (χ1n) is 11.2. The molecule has 1 aliphatic heterocycles. The quantitative estimate of drug-likeness (QED) is 0.463. The number of ether oxygens (including phenoxy) is 1. The normalized spacial score (nSPS) is 15.4. The number of rotatable bonds is 4. The lowest BCUT2D eigenvalue weighted by atomic mass is 9.90. The number of pyridine rings is 1. The number of nitrogens with zero attached hydrogens (tertiary/aromatic N) is 2. The zero-order valence-electron chi connectivity index (χ0n) is 19.3. The fraction of sp³-hybridized carbons (Fsp3) is 0.179. The van der Waals surface area contributed by atoms with Gasteiger partial charge in [0.05, 0.1) is 24.4 Å². The third kappa shape index (κ3) is 3.77. The van der Waals surface area contributed by atoms with E-state index in [9.17, 15) is 9.59 Å². The number of aryl methyl sites for hydroxylation is 1. The van der Waals surface area contributed by atoms with Crippen molar-refractivity contribution in [2.45, 2.75) is 26.3 Å². The van der Waals surface area contributed by atoms with E-state index in [-0.39, 0.29) is 17.5 Å². The molecule has 34 heavy (non-hydrogen) atoms. The standard InChI is InChI=1S/C28H25N3O3/c1-17-11-13-19(14-12-17)26-22-9-4-5-10-23(22)29-28(33)27(26)24-16-25(31(30-24)18(2)32)20-7-6-8-21(15-20)34-3/h4-15,25H,16H2,1-3H3,(H,29,33)/t25-/m1/s1. The molecule has 0 saturated carbocycles. The molecule has 3 aromatic carbocycles. The fourth-order valence-electron chi connectivity index (χ4n) is 4.60. The molecule has 1 aromatic heterocycles. The van der Waals surface area contributed by atoms with Crippen LogP contribution in [0.5, 0.6) is 5.75 Å². The summed E-state index contributed by atoms with van der Waals surface area (Å²) in [6.07, 6.45) is 0.424. The van der Waals surface area contributed by atoms with Crippen LogP contribution in [0.25, 0.3) is 22.0 Å². The number of hydrogen-bond donors (Lipinski definition) is 1. The third-order valence-corrected chi connectivity index (χ3v) is 6.26. The van der Waals surface area contributed by atoms with Crippen molar-refractivity contribution in [3.05, 3.63) is 99.8 Å². The summed E-state index contributed by atoms with van der Waals surface area (Å²) in [5.41, 5.74) is 5.43. The number of benzene rings is 3. The van der Waals surface area contributed by atoms with E-state index in [2.05, 4.69) is 10.1 Å². The Morgan fingerprint density at radius 1 is 1.03 bits per heavy atom. The molecule has 6 nitrogen and oxygen atoms in total. The van der Waals surface area contributed by atoms with Crippen molar-refractivity contribution in [3.8, 4) is 16.9 Å². The van der Waals surface area contributed by atoms with Crippen molar-refractivity contribution < 1.29 is 9.53 Å². The van der Waals surface area contributed by atoms with Gasteiger partial charge in [-0.05, 0) is 36.2 Å². The molecule has 0 unspecified atom stereocenters. The lowest BCUT2D eigenvalue weighted by Crippen LogP contribution is -2.24. The van der Waals surface area contributed by atoms with Crippen LogP contribution in [0.2, 0.25) is 0 Å². The molecule has 0 bridgehead atoms. The SMILES string of the molecule is COc1cccc([C@H]2CC(c3c(-c4ccc(C)cc4)c4ccccc4[nH]c3=O)=NN2C(C)=O)c1. The zero-order valence-corrected chi connectivity index (χ0v) is 19.3. The van der Waals surface area contributed by atoms with Crippen LogP contribution in [0.15, 0.2) is 82.7 Å². The Kier molecular flexibility index (Phi) is 5.49. The van der Waals surface area contributed by atoms with Gasteiger partial charge in [0.25, 0.3) is 5.56 Å². The molecule has 6 heteroatoms. The van der Waals surface area contributed by atoms with Gasteiger partial charge in [-0.25, -0.2) is 5.01 Å². The van der Waals surface area contributed by atoms with Gasteiger partial charge < -0.3 is 9.72 Å². The average molecular weight is 452 g/mol. The third-order valence-electron chi connectivity index (χ3n) is 6.26. The van der Waals surface area contributed by atoms with Gasteiger partial charge in [-0.3, -0.25) is 9.59 Å². The van der Waals surface area contributed by atoms with E-state index < -0.39 is 0 Å². The predicted molar refractivity (Wildman–Crippen MR) is 134 cm³/mol. The van der Waals surface area contributed by atoms with E-state index in [0.717, 1.165) is 33.2 Å². The molecule has 1 aliphatic rings. The second kappa shape index (κ2) is 8.63. The molecule has 0 radical (unpaired) electrons. The molecule has 4 aromatic rings. The molecule has 5 rings (SSSR count). The number of H-pyrrole nitrogens is 1. The molecule has 0 aliphatic carbocycles. The highest BCUT2D eigenvalue weighted by molar-refractivity contribution is 6.12. The Morgan fingerprint density at radius 2 is 1.79 bits per heavy atom. The van der Waals surface area contributed by atoms with Crippen LogP contribution in [0.3, 0.4) is 0 Å². The number of carbonyl (C=O) groups is 1. The van der Waals surface area contributed by atoms with E-state index in [1.165, 1.54) is 11.9 Å². The summed E-state index contributed by atoms with van der Waals surface area (Å²) < 4.78 is 5.38. The van der Waals surface area contributed by atoms with Crippen molar-refractivity contribution in [2.75, 3.05) is 7.11 Å². The van der Waals surface area contributed by atoms with Gasteiger partial charge in [0.2, 0.25) is 5.91 Å². The Hall–Kier alpha value is -4.19. The summed E-state index contributed by atoms with van der Waals surface area (Å²) in [6, 6.07) is 23.2. The summed E-state index contributed by atoms with van der Waals surface area (Å²) in [5.74, 6) is 0.523. The molecule has 1 atom stereocenters. The monoisotopic (exact) mass is 451 g/mol. The summed E-state index contributed by atoms with van der Waals surface area (Å²) in [6.45, 7) is 3.52. The minimum Gasteiger partial charge on any atom is -0.497 e. The van der Waals surface area contributed by atoms with Gasteiger partial charge in [0.15, 0.2) is 0 Å². The van der Waals surface area contributed by atoms with E-state index in [1.54, 1.807) is 7.11 Å². The van der Waals surface area contributed by atoms with Crippen LogP contribution < -0.4 is 10.3 Å². The van der Waals surface area contributed by atoms with Crippen LogP contribution in [-0.2, 0) is 4.79 Å². The van der Waals surface area contributed by atoms with Gasteiger partial charge in [-0.15, -0.1) is 0 Å². The lowest BCUT2D eigenvalue weighted by Gasteiger charge is -2.20. The van der Waals surface area contributed by atoms with Crippen LogP contribution in [-0.4, -0.2) is 28.7 Å². The van der Waals surface area contributed by atoms with E-state index in [0.29, 0.717) is 23.4 Å². The summed E-state index contributed by atoms with van der Waals surface area (Å²) in [7, 11) is 1.61. The molecule has 0 saturated heterocycles. The largest absolute Gasteiger partial charge is 0.497 e. The summed E-state index contributed by atoms with van der Waals surface area (Å²) in [4.78, 5) is 29.0. The van der Waals surface area contributed by atoms with E-state index >= 15 is 0 Å². The second-order valence-electron chi connectivity index (χ2n) is 8.52. The van der Waals surface area contributed by atoms with Crippen LogP contribution in [0, 0.1) is 6.92 Å². The number of nitrogens with one attached hydrogen (secondary N) is 1. The van der Waals surface area contributed by atoms with Crippen LogP contribution in [0.1, 0.15) is 36.1 Å².